The lowest BCUT2D eigenvalue weighted by atomic mass is 10.2. The summed E-state index contributed by atoms with van der Waals surface area (Å²) in [7, 11) is 1.70. The minimum absolute atomic E-state index is 0.134. The Kier molecular flexibility index (Phi) is 5.00. The maximum atomic E-state index is 13.0. The monoisotopic (exact) mass is 360 g/mol. The Morgan fingerprint density at radius 2 is 2.20 bits per heavy atom. The van der Waals surface area contributed by atoms with E-state index in [9.17, 15) is 9.18 Å². The van der Waals surface area contributed by atoms with E-state index in [2.05, 4.69) is 5.10 Å². The first-order valence-corrected chi connectivity index (χ1v) is 7.78. The van der Waals surface area contributed by atoms with Gasteiger partial charge in [0.15, 0.2) is 0 Å². The lowest BCUT2D eigenvalue weighted by Gasteiger charge is -2.05. The summed E-state index contributed by atoms with van der Waals surface area (Å²) in [6.07, 6.45) is 4.55. The molecule has 3 rings (SSSR count). The highest BCUT2D eigenvalue weighted by Gasteiger charge is 2.08. The largest absolute Gasteiger partial charge is 0.484 e. The molecule has 2 heterocycles. The number of halogens is 2. The SMILES string of the molecule is Cn1nccc1C(=O)/C=C/c1ccc(COc2ccc(F)cc2Cl)o1. The highest BCUT2D eigenvalue weighted by Crippen LogP contribution is 2.26. The Balaban J connectivity index is 1.61. The smallest absolute Gasteiger partial charge is 0.203 e. The molecule has 3 aromatic rings. The number of ketones is 1. The molecule has 0 amide bonds. The lowest BCUT2D eigenvalue weighted by molar-refractivity contribution is 0.103. The normalized spacial score (nSPS) is 11.2. The molecular formula is C18H14ClFN2O3. The minimum Gasteiger partial charge on any atom is -0.484 e. The molecule has 0 aliphatic heterocycles. The van der Waals surface area contributed by atoms with Crippen LogP contribution < -0.4 is 4.74 Å². The number of ether oxygens (including phenoxy) is 1. The first-order chi connectivity index (χ1) is 12.0. The summed E-state index contributed by atoms with van der Waals surface area (Å²) >= 11 is 5.90. The van der Waals surface area contributed by atoms with Crippen molar-refractivity contribution in [3.05, 3.63) is 76.7 Å². The van der Waals surface area contributed by atoms with E-state index in [1.54, 1.807) is 37.5 Å². The minimum atomic E-state index is -0.430. The Labute approximate surface area is 148 Å². The maximum Gasteiger partial charge on any atom is 0.203 e. The van der Waals surface area contributed by atoms with Gasteiger partial charge in [-0.2, -0.15) is 5.10 Å². The van der Waals surface area contributed by atoms with Crippen molar-refractivity contribution in [3.63, 3.8) is 0 Å². The number of aromatic nitrogens is 2. The fourth-order valence-corrected chi connectivity index (χ4v) is 2.38. The van der Waals surface area contributed by atoms with E-state index in [4.69, 9.17) is 20.8 Å². The molecule has 0 aliphatic carbocycles. The van der Waals surface area contributed by atoms with Crippen molar-refractivity contribution in [3.8, 4) is 5.75 Å². The van der Waals surface area contributed by atoms with E-state index in [0.717, 1.165) is 0 Å². The van der Waals surface area contributed by atoms with Gasteiger partial charge in [-0.3, -0.25) is 9.48 Å². The number of carbonyl (C=O) groups excluding carboxylic acids is 1. The number of aryl methyl sites for hydroxylation is 1. The van der Waals surface area contributed by atoms with Crippen LogP contribution >= 0.6 is 11.6 Å². The van der Waals surface area contributed by atoms with Crippen molar-refractivity contribution >= 4 is 23.5 Å². The molecule has 0 unspecified atom stereocenters. The third-order valence-corrected chi connectivity index (χ3v) is 3.71. The fraction of sp³-hybridized carbons (Fsp3) is 0.111. The topological polar surface area (TPSA) is 57.3 Å². The average molecular weight is 361 g/mol. The molecule has 0 fully saturated rings. The third-order valence-electron chi connectivity index (χ3n) is 3.42. The third kappa shape index (κ3) is 4.16. The molecule has 0 atom stereocenters. The molecule has 128 valence electrons. The highest BCUT2D eigenvalue weighted by molar-refractivity contribution is 6.32. The quantitative estimate of drug-likeness (QED) is 0.486. The van der Waals surface area contributed by atoms with Gasteiger partial charge in [-0.25, -0.2) is 4.39 Å². The second kappa shape index (κ2) is 7.36. The second-order valence-electron chi connectivity index (χ2n) is 5.21. The van der Waals surface area contributed by atoms with Gasteiger partial charge in [0, 0.05) is 13.2 Å². The van der Waals surface area contributed by atoms with Gasteiger partial charge in [-0.05, 0) is 48.6 Å². The van der Waals surface area contributed by atoms with Crippen LogP contribution in [0.5, 0.6) is 5.75 Å². The standard InChI is InChI=1S/C18H14ClFN2O3/c1-22-16(8-9-21-22)17(23)6-5-13-3-4-14(25-13)11-24-18-7-2-12(20)10-15(18)19/h2-10H,11H2,1H3/b6-5+. The number of allylic oxidation sites excluding steroid dienone is 1. The number of furan rings is 1. The fourth-order valence-electron chi connectivity index (χ4n) is 2.16. The Morgan fingerprint density at radius 3 is 2.92 bits per heavy atom. The van der Waals surface area contributed by atoms with Gasteiger partial charge in [0.2, 0.25) is 5.78 Å². The predicted molar refractivity (Wildman–Crippen MR) is 91.0 cm³/mol. The van der Waals surface area contributed by atoms with Crippen molar-refractivity contribution in [1.29, 1.82) is 0 Å². The molecule has 7 heteroatoms. The Bertz CT molecular complexity index is 930. The lowest BCUT2D eigenvalue weighted by Crippen LogP contribution is -2.03. The van der Waals surface area contributed by atoms with Gasteiger partial charge >= 0.3 is 0 Å². The summed E-state index contributed by atoms with van der Waals surface area (Å²) in [4.78, 5) is 12.0. The first kappa shape index (κ1) is 17.0. The molecule has 0 bridgehead atoms. The van der Waals surface area contributed by atoms with E-state index < -0.39 is 5.82 Å². The van der Waals surface area contributed by atoms with Crippen molar-refractivity contribution in [2.75, 3.05) is 0 Å². The molecule has 0 spiro atoms. The van der Waals surface area contributed by atoms with Crippen molar-refractivity contribution in [2.24, 2.45) is 7.05 Å². The van der Waals surface area contributed by atoms with Crippen LogP contribution in [-0.2, 0) is 13.7 Å². The number of rotatable bonds is 6. The molecule has 0 saturated carbocycles. The van der Waals surface area contributed by atoms with Gasteiger partial charge in [0.25, 0.3) is 0 Å². The van der Waals surface area contributed by atoms with Crippen LogP contribution in [0.25, 0.3) is 6.08 Å². The van der Waals surface area contributed by atoms with Crippen LogP contribution in [0.3, 0.4) is 0 Å². The van der Waals surface area contributed by atoms with E-state index >= 15 is 0 Å². The summed E-state index contributed by atoms with van der Waals surface area (Å²) < 4.78 is 25.6. The van der Waals surface area contributed by atoms with E-state index in [0.29, 0.717) is 23.0 Å². The molecule has 5 nitrogen and oxygen atoms in total. The Hall–Kier alpha value is -2.86. The van der Waals surface area contributed by atoms with Crippen LogP contribution in [0, 0.1) is 5.82 Å². The zero-order valence-electron chi connectivity index (χ0n) is 13.3. The predicted octanol–water partition coefficient (Wildman–Crippen LogP) is 4.28. The van der Waals surface area contributed by atoms with Crippen LogP contribution in [0.2, 0.25) is 5.02 Å². The first-order valence-electron chi connectivity index (χ1n) is 7.40. The Morgan fingerprint density at radius 1 is 1.36 bits per heavy atom. The molecule has 0 radical (unpaired) electrons. The zero-order valence-corrected chi connectivity index (χ0v) is 14.0. The van der Waals surface area contributed by atoms with Crippen LogP contribution in [0.1, 0.15) is 22.0 Å². The number of carbonyl (C=O) groups is 1. The molecule has 2 aromatic heterocycles. The van der Waals surface area contributed by atoms with Gasteiger partial charge in [-0.1, -0.05) is 11.6 Å². The second-order valence-corrected chi connectivity index (χ2v) is 5.61. The summed E-state index contributed by atoms with van der Waals surface area (Å²) in [6, 6.07) is 8.98. The van der Waals surface area contributed by atoms with E-state index in [-0.39, 0.29) is 17.4 Å². The van der Waals surface area contributed by atoms with Crippen LogP contribution in [0.15, 0.2) is 53.1 Å². The molecule has 0 aliphatic rings. The van der Waals surface area contributed by atoms with Crippen molar-refractivity contribution in [1.82, 2.24) is 9.78 Å². The van der Waals surface area contributed by atoms with Crippen molar-refractivity contribution < 1.29 is 18.3 Å². The van der Waals surface area contributed by atoms with Gasteiger partial charge < -0.3 is 9.15 Å². The summed E-state index contributed by atoms with van der Waals surface area (Å²) in [5.41, 5.74) is 0.484. The van der Waals surface area contributed by atoms with E-state index in [1.807, 2.05) is 0 Å². The summed E-state index contributed by atoms with van der Waals surface area (Å²) in [6.45, 7) is 0.134. The molecule has 1 aromatic carbocycles. The number of hydrogen-bond donors (Lipinski definition) is 0. The summed E-state index contributed by atoms with van der Waals surface area (Å²) in [5, 5.41) is 4.14. The number of nitrogens with zero attached hydrogens (tertiary/aromatic N) is 2. The van der Waals surface area contributed by atoms with Gasteiger partial charge in [0.05, 0.1) is 5.02 Å². The number of hydrogen-bond acceptors (Lipinski definition) is 4. The van der Waals surface area contributed by atoms with E-state index in [1.165, 1.54) is 29.0 Å². The maximum absolute atomic E-state index is 13.0. The van der Waals surface area contributed by atoms with Gasteiger partial charge in [0.1, 0.15) is 35.4 Å². The highest BCUT2D eigenvalue weighted by atomic mass is 35.5. The number of benzene rings is 1. The molecule has 0 saturated heterocycles. The molecule has 0 N–H and O–H groups in total. The molecule has 25 heavy (non-hydrogen) atoms. The molecular weight excluding hydrogens is 347 g/mol. The van der Waals surface area contributed by atoms with Crippen LogP contribution in [-0.4, -0.2) is 15.6 Å². The van der Waals surface area contributed by atoms with Gasteiger partial charge in [-0.15, -0.1) is 0 Å². The average Bonchev–Trinajstić information content (AvgIpc) is 3.21. The summed E-state index contributed by atoms with van der Waals surface area (Å²) in [5.74, 6) is 0.823. The van der Waals surface area contributed by atoms with Crippen LogP contribution in [0.4, 0.5) is 4.39 Å². The van der Waals surface area contributed by atoms with Crippen molar-refractivity contribution in [2.45, 2.75) is 6.61 Å². The zero-order chi connectivity index (χ0) is 17.8.